The highest BCUT2D eigenvalue weighted by Crippen LogP contribution is 2.45. The summed E-state index contributed by atoms with van der Waals surface area (Å²) in [5.74, 6) is -0.174. The van der Waals surface area contributed by atoms with Gasteiger partial charge in [-0.3, -0.25) is 9.69 Å². The number of carbonyl (C=O) groups is 1. The van der Waals surface area contributed by atoms with Gasteiger partial charge in [0.1, 0.15) is 10.0 Å². The van der Waals surface area contributed by atoms with Gasteiger partial charge in [-0.05, 0) is 56.5 Å². The molecule has 1 aliphatic heterocycles. The van der Waals surface area contributed by atoms with E-state index >= 15 is 0 Å². The van der Waals surface area contributed by atoms with E-state index in [1.54, 1.807) is 22.7 Å². The highest BCUT2D eigenvalue weighted by molar-refractivity contribution is 7.23. The zero-order chi connectivity index (χ0) is 19.1. The van der Waals surface area contributed by atoms with E-state index in [0.717, 1.165) is 40.6 Å². The minimum absolute atomic E-state index is 0.174. The Morgan fingerprint density at radius 3 is 2.93 bits per heavy atom. The van der Waals surface area contributed by atoms with Crippen molar-refractivity contribution >= 4 is 43.8 Å². The minimum atomic E-state index is -0.174. The maximum atomic E-state index is 12.0. The molecule has 140 valence electrons. The fourth-order valence-corrected chi connectivity index (χ4v) is 5.85. The minimum Gasteiger partial charge on any atom is -0.314 e. The summed E-state index contributed by atoms with van der Waals surface area (Å²) in [6.45, 7) is 12.1. The summed E-state index contributed by atoms with van der Waals surface area (Å²) >= 11 is 3.38. The molecule has 27 heavy (non-hydrogen) atoms. The van der Waals surface area contributed by atoms with Gasteiger partial charge in [-0.15, -0.1) is 22.7 Å². The van der Waals surface area contributed by atoms with E-state index in [1.807, 2.05) is 0 Å². The number of thiazole rings is 1. The summed E-state index contributed by atoms with van der Waals surface area (Å²) in [6, 6.07) is 6.89. The number of nitrogens with zero attached hydrogens (tertiary/aromatic N) is 2. The Morgan fingerprint density at radius 1 is 1.37 bits per heavy atom. The van der Waals surface area contributed by atoms with Crippen molar-refractivity contribution in [2.75, 3.05) is 11.9 Å². The molecule has 0 saturated carbocycles. The van der Waals surface area contributed by atoms with Crippen molar-refractivity contribution < 1.29 is 4.79 Å². The van der Waals surface area contributed by atoms with Gasteiger partial charge in [0.2, 0.25) is 5.91 Å². The zero-order valence-electron chi connectivity index (χ0n) is 15.8. The van der Waals surface area contributed by atoms with Crippen LogP contribution in [0.15, 0.2) is 30.9 Å². The van der Waals surface area contributed by atoms with Crippen molar-refractivity contribution in [3.63, 3.8) is 0 Å². The second-order valence-electron chi connectivity index (χ2n) is 7.21. The van der Waals surface area contributed by atoms with Gasteiger partial charge in [0.05, 0.1) is 10.2 Å². The first kappa shape index (κ1) is 18.3. The first-order valence-corrected chi connectivity index (χ1v) is 10.8. The molecular weight excluding hydrogens is 374 g/mol. The third-order valence-electron chi connectivity index (χ3n) is 5.00. The van der Waals surface area contributed by atoms with Gasteiger partial charge < -0.3 is 5.32 Å². The monoisotopic (exact) mass is 397 g/mol. The highest BCUT2D eigenvalue weighted by Gasteiger charge is 2.28. The molecule has 0 fully saturated rings. The summed E-state index contributed by atoms with van der Waals surface area (Å²) in [4.78, 5) is 20.7. The Labute approximate surface area is 167 Å². The van der Waals surface area contributed by atoms with Crippen LogP contribution in [0.25, 0.3) is 20.8 Å². The second kappa shape index (κ2) is 7.19. The summed E-state index contributed by atoms with van der Waals surface area (Å²) in [5.41, 5.74) is 4.68. The first-order valence-electron chi connectivity index (χ1n) is 9.16. The molecule has 3 aromatic rings. The summed E-state index contributed by atoms with van der Waals surface area (Å²) < 4.78 is 1.18. The van der Waals surface area contributed by atoms with Gasteiger partial charge in [0.25, 0.3) is 0 Å². The van der Waals surface area contributed by atoms with Gasteiger partial charge in [-0.2, -0.15) is 0 Å². The lowest BCUT2D eigenvalue weighted by atomic mass is 10.0. The van der Waals surface area contributed by atoms with Gasteiger partial charge in [-0.1, -0.05) is 12.6 Å². The molecule has 0 atom stereocenters. The van der Waals surface area contributed by atoms with Crippen LogP contribution in [0.3, 0.4) is 0 Å². The lowest BCUT2D eigenvalue weighted by Crippen LogP contribution is -2.35. The fraction of sp³-hybridized carbons (Fsp3) is 0.333. The molecule has 6 heteroatoms. The third-order valence-corrected chi connectivity index (χ3v) is 7.18. The van der Waals surface area contributed by atoms with Crippen LogP contribution >= 0.6 is 22.7 Å². The quantitative estimate of drug-likeness (QED) is 0.614. The lowest BCUT2D eigenvalue weighted by Gasteiger charge is -2.30. The van der Waals surface area contributed by atoms with Gasteiger partial charge in [0, 0.05) is 29.6 Å². The standard InChI is InChI=1S/C21H23N3OS2/c1-5-18(25)23-21-19(14-8-9-24(12(2)3)11-17(14)27-21)20-22-15-10-13(4)6-7-16(15)26-20/h5-7,10,12H,1,8-9,11H2,2-4H3,(H,23,25). The predicted octanol–water partition coefficient (Wildman–Crippen LogP) is 5.22. The molecular formula is C21H23N3OS2. The van der Waals surface area contributed by atoms with Crippen molar-refractivity contribution in [3.8, 4) is 10.6 Å². The van der Waals surface area contributed by atoms with Crippen molar-refractivity contribution in [3.05, 3.63) is 46.9 Å². The number of thiophene rings is 1. The molecule has 4 nitrogen and oxygen atoms in total. The van der Waals surface area contributed by atoms with Crippen molar-refractivity contribution in [2.45, 2.75) is 39.8 Å². The van der Waals surface area contributed by atoms with Crippen LogP contribution in [-0.4, -0.2) is 28.4 Å². The Bertz CT molecular complexity index is 1030. The van der Waals surface area contributed by atoms with Crippen LogP contribution in [0.2, 0.25) is 0 Å². The summed E-state index contributed by atoms with van der Waals surface area (Å²) in [5, 5.41) is 4.91. The zero-order valence-corrected chi connectivity index (χ0v) is 17.5. The van der Waals surface area contributed by atoms with Gasteiger partial charge in [0.15, 0.2) is 0 Å². The van der Waals surface area contributed by atoms with E-state index in [0.29, 0.717) is 6.04 Å². The van der Waals surface area contributed by atoms with Crippen LogP contribution in [0.5, 0.6) is 0 Å². The largest absolute Gasteiger partial charge is 0.314 e. The molecule has 1 amide bonds. The number of hydrogen-bond donors (Lipinski definition) is 1. The van der Waals surface area contributed by atoms with E-state index < -0.39 is 0 Å². The maximum absolute atomic E-state index is 12.0. The number of carbonyl (C=O) groups excluding carboxylic acids is 1. The molecule has 0 unspecified atom stereocenters. The third kappa shape index (κ3) is 3.45. The number of aromatic nitrogens is 1. The van der Waals surface area contributed by atoms with Crippen molar-refractivity contribution in [1.82, 2.24) is 9.88 Å². The Morgan fingerprint density at radius 2 is 2.19 bits per heavy atom. The smallest absolute Gasteiger partial charge is 0.248 e. The van der Waals surface area contributed by atoms with Crippen LogP contribution in [0.1, 0.15) is 29.9 Å². The van der Waals surface area contributed by atoms with Crippen molar-refractivity contribution in [1.29, 1.82) is 0 Å². The van der Waals surface area contributed by atoms with Crippen LogP contribution in [0, 0.1) is 6.92 Å². The molecule has 0 aliphatic carbocycles. The van der Waals surface area contributed by atoms with E-state index in [-0.39, 0.29) is 5.91 Å². The normalized spacial score (nSPS) is 14.5. The van der Waals surface area contributed by atoms with Crippen LogP contribution in [0.4, 0.5) is 5.00 Å². The molecule has 4 rings (SSSR count). The number of hydrogen-bond acceptors (Lipinski definition) is 5. The second-order valence-corrected chi connectivity index (χ2v) is 9.34. The molecule has 1 aromatic carbocycles. The topological polar surface area (TPSA) is 45.2 Å². The number of fused-ring (bicyclic) bond motifs is 2. The molecule has 3 heterocycles. The van der Waals surface area contributed by atoms with Crippen LogP contribution < -0.4 is 5.32 Å². The Balaban J connectivity index is 1.84. The number of rotatable bonds is 4. The van der Waals surface area contributed by atoms with Gasteiger partial charge >= 0.3 is 0 Å². The molecule has 0 radical (unpaired) electrons. The van der Waals surface area contributed by atoms with Crippen LogP contribution in [-0.2, 0) is 17.8 Å². The molecule has 1 aliphatic rings. The molecule has 2 aromatic heterocycles. The van der Waals surface area contributed by atoms with E-state index in [9.17, 15) is 4.79 Å². The number of aryl methyl sites for hydroxylation is 1. The van der Waals surface area contributed by atoms with E-state index in [1.165, 1.54) is 26.8 Å². The van der Waals surface area contributed by atoms with E-state index in [4.69, 9.17) is 4.98 Å². The average Bonchev–Trinajstić information content (AvgIpc) is 3.20. The summed E-state index contributed by atoms with van der Waals surface area (Å²) in [6.07, 6.45) is 2.31. The van der Waals surface area contributed by atoms with E-state index in [2.05, 4.69) is 55.8 Å². The van der Waals surface area contributed by atoms with Gasteiger partial charge in [-0.25, -0.2) is 4.98 Å². The Hall–Kier alpha value is -2.02. The number of amides is 1. The van der Waals surface area contributed by atoms with Crippen molar-refractivity contribution in [2.24, 2.45) is 0 Å². The maximum Gasteiger partial charge on any atom is 0.248 e. The predicted molar refractivity (Wildman–Crippen MR) is 116 cm³/mol. The average molecular weight is 398 g/mol. The molecule has 1 N–H and O–H groups in total. The first-order chi connectivity index (χ1) is 13.0. The molecule has 0 spiro atoms. The Kier molecular flexibility index (Phi) is 4.88. The molecule has 0 saturated heterocycles. The number of benzene rings is 1. The molecule has 0 bridgehead atoms. The number of anilines is 1. The number of nitrogens with one attached hydrogen (secondary N) is 1. The highest BCUT2D eigenvalue weighted by atomic mass is 32.1. The lowest BCUT2D eigenvalue weighted by molar-refractivity contribution is -0.111. The SMILES string of the molecule is C=CC(=O)Nc1sc2c(c1-c1nc3cc(C)ccc3s1)CCN(C(C)C)C2. The fourth-order valence-electron chi connectivity index (χ4n) is 3.49. The summed E-state index contributed by atoms with van der Waals surface area (Å²) in [7, 11) is 0.